The minimum absolute atomic E-state index is 0.102. The second-order valence-electron chi connectivity index (χ2n) is 12.1. The average molecular weight is 627 g/mol. The van der Waals surface area contributed by atoms with Crippen LogP contribution in [0, 0.1) is 23.7 Å². The molecule has 0 aromatic heterocycles. The number of benzene rings is 3. The topological polar surface area (TPSA) is 113 Å². The summed E-state index contributed by atoms with van der Waals surface area (Å²) in [4.78, 5) is 59.3. The Morgan fingerprint density at radius 1 is 0.867 bits per heavy atom. The van der Waals surface area contributed by atoms with E-state index in [1.54, 1.807) is 24.3 Å². The molecule has 4 aliphatic rings. The third kappa shape index (κ3) is 3.92. The van der Waals surface area contributed by atoms with Crippen molar-refractivity contribution < 1.29 is 33.8 Å². The number of methoxy groups -OCH3 is 2. The van der Waals surface area contributed by atoms with Gasteiger partial charge in [-0.3, -0.25) is 24.1 Å². The first-order chi connectivity index (χ1) is 21.6. The molecule has 7 rings (SSSR count). The van der Waals surface area contributed by atoms with Crippen LogP contribution in [-0.2, 0) is 24.6 Å². The van der Waals surface area contributed by atoms with Crippen LogP contribution in [-0.4, -0.2) is 54.9 Å². The Labute approximate surface area is 265 Å². The van der Waals surface area contributed by atoms with E-state index in [1.807, 2.05) is 36.4 Å². The molecule has 0 radical (unpaired) electrons. The lowest BCUT2D eigenvalue weighted by molar-refractivity contribution is -0.138. The van der Waals surface area contributed by atoms with Gasteiger partial charge in [0.2, 0.25) is 23.6 Å². The molecule has 0 unspecified atom stereocenters. The van der Waals surface area contributed by atoms with E-state index in [4.69, 9.17) is 21.1 Å². The smallest absolute Gasteiger partial charge is 0.246 e. The first-order valence-corrected chi connectivity index (χ1v) is 15.2. The van der Waals surface area contributed by atoms with Crippen molar-refractivity contribution in [2.75, 3.05) is 26.2 Å². The van der Waals surface area contributed by atoms with Crippen molar-refractivity contribution in [3.05, 3.63) is 94.5 Å². The number of aromatic hydroxyl groups is 1. The number of fused-ring (bicyclic) bond motifs is 4. The van der Waals surface area contributed by atoms with E-state index >= 15 is 4.79 Å². The van der Waals surface area contributed by atoms with Gasteiger partial charge >= 0.3 is 0 Å². The minimum atomic E-state index is -1.50. The molecule has 0 spiro atoms. The molecule has 3 aromatic carbocycles. The van der Waals surface area contributed by atoms with Gasteiger partial charge in [0, 0.05) is 35.7 Å². The number of anilines is 1. The fraction of sp³-hybridized carbons (Fsp3) is 0.314. The zero-order chi connectivity index (χ0) is 31.8. The zero-order valence-electron chi connectivity index (χ0n) is 24.9. The summed E-state index contributed by atoms with van der Waals surface area (Å²) in [7, 11) is 4.42. The number of carbonyl (C=O) groups excluding carboxylic acids is 4. The van der Waals surface area contributed by atoms with Crippen LogP contribution in [0.5, 0.6) is 17.2 Å². The fourth-order valence-electron chi connectivity index (χ4n) is 8.42. The Bertz CT molecular complexity index is 1780. The average Bonchev–Trinajstić information content (AvgIpc) is 3.41. The van der Waals surface area contributed by atoms with Gasteiger partial charge in [0.1, 0.15) is 17.2 Å². The number of nitrogens with zero attached hydrogens (tertiary/aromatic N) is 2. The standard InChI is InChI=1S/C35H31ClN2O7/c1-37-31(40)23-13-12-22-24(28(23)33(37)42)17-25-32(41)38(20-11-7-10-19(36)14-20)34(43)35(25,18-8-5-4-6-9-18)30(22)29-26(44-2)15-21(39)16-27(29)45-3/h4-12,14-16,23-25,28,30,39H,13,17H2,1-3H3/t23-,24+,25-,28-,30+,35+/m0/s1. The van der Waals surface area contributed by atoms with Crippen molar-refractivity contribution in [3.63, 3.8) is 0 Å². The number of rotatable bonds is 5. The van der Waals surface area contributed by atoms with Gasteiger partial charge < -0.3 is 14.6 Å². The molecule has 4 amide bonds. The number of halogens is 1. The van der Waals surface area contributed by atoms with Crippen LogP contribution in [0.25, 0.3) is 0 Å². The molecular formula is C35H31ClN2O7. The Kier molecular flexibility index (Phi) is 6.78. The van der Waals surface area contributed by atoms with E-state index in [0.717, 1.165) is 5.57 Å². The van der Waals surface area contributed by atoms with Crippen molar-refractivity contribution in [2.45, 2.75) is 24.2 Å². The van der Waals surface area contributed by atoms with Gasteiger partial charge in [-0.15, -0.1) is 0 Å². The van der Waals surface area contributed by atoms with Gasteiger partial charge in [0.15, 0.2) is 0 Å². The van der Waals surface area contributed by atoms with Gasteiger partial charge in [0.05, 0.1) is 43.1 Å². The third-order valence-electron chi connectivity index (χ3n) is 10.2. The number of imide groups is 2. The van der Waals surface area contributed by atoms with Crippen LogP contribution < -0.4 is 14.4 Å². The first kappa shape index (κ1) is 29.1. The molecule has 0 bridgehead atoms. The number of hydrogen-bond donors (Lipinski definition) is 1. The third-order valence-corrected chi connectivity index (χ3v) is 10.4. The monoisotopic (exact) mass is 626 g/mol. The Morgan fingerprint density at radius 3 is 2.20 bits per heavy atom. The highest BCUT2D eigenvalue weighted by Gasteiger charge is 2.70. The number of phenols is 1. The molecule has 1 saturated carbocycles. The van der Waals surface area contributed by atoms with Crippen molar-refractivity contribution >= 4 is 40.9 Å². The molecule has 6 atom stereocenters. The molecule has 10 heteroatoms. The number of amides is 4. The lowest BCUT2D eigenvalue weighted by atomic mass is 9.49. The quantitative estimate of drug-likeness (QED) is 0.318. The summed E-state index contributed by atoms with van der Waals surface area (Å²) in [6.07, 6.45) is 2.45. The van der Waals surface area contributed by atoms with E-state index in [2.05, 4.69) is 0 Å². The number of phenolic OH excluding ortho intramolecular Hbond substituents is 1. The van der Waals surface area contributed by atoms with Crippen LogP contribution in [0.2, 0.25) is 5.02 Å². The predicted molar refractivity (Wildman–Crippen MR) is 165 cm³/mol. The maximum Gasteiger partial charge on any atom is 0.246 e. The molecule has 2 heterocycles. The van der Waals surface area contributed by atoms with Crippen LogP contribution in [0.3, 0.4) is 0 Å². The number of ether oxygens (including phenoxy) is 2. The Morgan fingerprint density at radius 2 is 1.56 bits per heavy atom. The maximum atomic E-state index is 15.3. The first-order valence-electron chi connectivity index (χ1n) is 14.8. The molecule has 2 aliphatic carbocycles. The summed E-state index contributed by atoms with van der Waals surface area (Å²) in [5, 5.41) is 11.0. The van der Waals surface area contributed by atoms with Gasteiger partial charge in [-0.1, -0.05) is 59.6 Å². The summed E-state index contributed by atoms with van der Waals surface area (Å²) in [6.45, 7) is 0. The molecule has 3 fully saturated rings. The molecule has 3 aromatic rings. The lowest BCUT2D eigenvalue weighted by Gasteiger charge is -2.51. The second-order valence-corrected chi connectivity index (χ2v) is 12.5. The summed E-state index contributed by atoms with van der Waals surface area (Å²) < 4.78 is 11.7. The number of allylic oxidation sites excluding steroid dienone is 2. The molecule has 2 saturated heterocycles. The van der Waals surface area contributed by atoms with Crippen molar-refractivity contribution in [1.82, 2.24) is 4.90 Å². The highest BCUT2D eigenvalue weighted by molar-refractivity contribution is 6.32. The second kappa shape index (κ2) is 10.5. The molecule has 230 valence electrons. The van der Waals surface area contributed by atoms with E-state index in [-0.39, 0.29) is 35.5 Å². The van der Waals surface area contributed by atoms with E-state index in [9.17, 15) is 19.5 Å². The molecule has 45 heavy (non-hydrogen) atoms. The highest BCUT2D eigenvalue weighted by Crippen LogP contribution is 2.66. The highest BCUT2D eigenvalue weighted by atomic mass is 35.5. The summed E-state index contributed by atoms with van der Waals surface area (Å²) in [6, 6.07) is 18.7. The summed E-state index contributed by atoms with van der Waals surface area (Å²) >= 11 is 6.36. The Hall–Kier alpha value is -4.63. The largest absolute Gasteiger partial charge is 0.508 e. The van der Waals surface area contributed by atoms with E-state index < -0.39 is 46.8 Å². The van der Waals surface area contributed by atoms with Crippen LogP contribution in [0.4, 0.5) is 5.69 Å². The summed E-state index contributed by atoms with van der Waals surface area (Å²) in [5.41, 5.74) is 0.703. The van der Waals surface area contributed by atoms with Crippen molar-refractivity contribution in [2.24, 2.45) is 23.7 Å². The minimum Gasteiger partial charge on any atom is -0.508 e. The molecule has 2 aliphatic heterocycles. The van der Waals surface area contributed by atoms with E-state index in [0.29, 0.717) is 28.3 Å². The zero-order valence-corrected chi connectivity index (χ0v) is 25.7. The van der Waals surface area contributed by atoms with Gasteiger partial charge in [-0.2, -0.15) is 0 Å². The molecule has 9 nitrogen and oxygen atoms in total. The normalized spacial score (nSPS) is 28.9. The number of carbonyl (C=O) groups is 4. The number of likely N-dealkylation sites (tertiary alicyclic amines) is 1. The van der Waals surface area contributed by atoms with Crippen molar-refractivity contribution in [1.29, 1.82) is 0 Å². The molecule has 1 N–H and O–H groups in total. The molecular weight excluding hydrogens is 596 g/mol. The van der Waals surface area contributed by atoms with Gasteiger partial charge in [-0.05, 0) is 42.5 Å². The van der Waals surface area contributed by atoms with Crippen LogP contribution >= 0.6 is 11.6 Å². The lowest BCUT2D eigenvalue weighted by Crippen LogP contribution is -2.53. The van der Waals surface area contributed by atoms with Crippen LogP contribution in [0.15, 0.2) is 78.4 Å². The maximum absolute atomic E-state index is 15.3. The fourth-order valence-corrected chi connectivity index (χ4v) is 8.61. The van der Waals surface area contributed by atoms with Crippen LogP contribution in [0.1, 0.15) is 29.9 Å². The Balaban J connectivity index is 1.57. The number of hydrogen-bond acceptors (Lipinski definition) is 7. The van der Waals surface area contributed by atoms with Gasteiger partial charge in [-0.25, -0.2) is 4.90 Å². The summed E-state index contributed by atoms with van der Waals surface area (Å²) in [5.74, 6) is -4.50. The SMILES string of the molecule is COc1cc(O)cc(OC)c1[C@H]1C2=CC[C@@H]3C(=O)N(C)C(=O)[C@@H]3[C@@H]2C[C@H]2C(=O)N(c3cccc(Cl)c3)C(=O)[C@@]12c1ccccc1. The van der Waals surface area contributed by atoms with Crippen molar-refractivity contribution in [3.8, 4) is 17.2 Å². The van der Waals surface area contributed by atoms with E-state index in [1.165, 1.54) is 43.2 Å². The predicted octanol–water partition coefficient (Wildman–Crippen LogP) is 4.86. The van der Waals surface area contributed by atoms with Gasteiger partial charge in [0.25, 0.3) is 0 Å².